The smallest absolute Gasteiger partial charge is 0.187 e. The third kappa shape index (κ3) is 8.97. The molecular formula is C33H38O6. The summed E-state index contributed by atoms with van der Waals surface area (Å²) >= 11 is 0. The molecule has 0 spiro atoms. The molecule has 3 aromatic rings. The molecule has 1 aliphatic heterocycles. The van der Waals surface area contributed by atoms with E-state index in [1.807, 2.05) is 91.0 Å². The quantitative estimate of drug-likeness (QED) is 0.171. The van der Waals surface area contributed by atoms with E-state index >= 15 is 0 Å². The second-order valence-corrected chi connectivity index (χ2v) is 9.27. The molecule has 0 amide bonds. The van der Waals surface area contributed by atoms with E-state index in [4.69, 9.17) is 28.4 Å². The van der Waals surface area contributed by atoms with Crippen LogP contribution in [0.2, 0.25) is 0 Å². The molecule has 0 aromatic heterocycles. The lowest BCUT2D eigenvalue weighted by Crippen LogP contribution is -2.61. The normalized spacial score (nSPS) is 22.8. The van der Waals surface area contributed by atoms with Crippen molar-refractivity contribution in [2.75, 3.05) is 19.8 Å². The fraction of sp³-hybridized carbons (Fsp3) is 0.333. The lowest BCUT2D eigenvalue weighted by molar-refractivity contribution is -0.325. The number of benzene rings is 3. The highest BCUT2D eigenvalue weighted by Gasteiger charge is 2.49. The molecule has 1 saturated heterocycles. The van der Waals surface area contributed by atoms with Gasteiger partial charge in [-0.1, -0.05) is 103 Å². The van der Waals surface area contributed by atoms with Gasteiger partial charge in [-0.15, -0.1) is 13.2 Å². The first kappa shape index (κ1) is 28.9. The molecule has 1 aliphatic rings. The van der Waals surface area contributed by atoms with E-state index in [1.54, 1.807) is 12.2 Å². The van der Waals surface area contributed by atoms with Crippen LogP contribution < -0.4 is 0 Å². The van der Waals surface area contributed by atoms with Crippen LogP contribution in [0.4, 0.5) is 0 Å². The van der Waals surface area contributed by atoms with Crippen LogP contribution in [0.3, 0.4) is 0 Å². The summed E-state index contributed by atoms with van der Waals surface area (Å²) in [4.78, 5) is 0. The van der Waals surface area contributed by atoms with Gasteiger partial charge in [-0.3, -0.25) is 0 Å². The Morgan fingerprint density at radius 2 is 1.03 bits per heavy atom. The van der Waals surface area contributed by atoms with Crippen LogP contribution in [0, 0.1) is 0 Å². The van der Waals surface area contributed by atoms with Crippen molar-refractivity contribution in [3.8, 4) is 0 Å². The van der Waals surface area contributed by atoms with Crippen LogP contribution in [-0.4, -0.2) is 50.5 Å². The van der Waals surface area contributed by atoms with E-state index in [-0.39, 0.29) is 6.61 Å². The standard InChI is InChI=1S/C33H38O6/c1-3-20-34-25-29-30(36-22-26-14-8-5-9-15-26)31(37-23-27-16-10-6-11-17-27)32(33(39-29)35-21-4-2)38-24-28-18-12-7-13-19-28/h3-19,29-33H,1-2,20-25H2/t29-,30-,31+,32-,33+/m1/s1. The summed E-state index contributed by atoms with van der Waals surface area (Å²) in [5.41, 5.74) is 3.15. The number of hydrogen-bond donors (Lipinski definition) is 0. The van der Waals surface area contributed by atoms with E-state index in [1.165, 1.54) is 0 Å². The van der Waals surface area contributed by atoms with Crippen molar-refractivity contribution in [2.24, 2.45) is 0 Å². The first-order chi connectivity index (χ1) is 19.3. The van der Waals surface area contributed by atoms with E-state index in [9.17, 15) is 0 Å². The van der Waals surface area contributed by atoms with Crippen molar-refractivity contribution in [3.05, 3.63) is 133 Å². The van der Waals surface area contributed by atoms with Crippen molar-refractivity contribution in [3.63, 3.8) is 0 Å². The molecule has 6 nitrogen and oxygen atoms in total. The largest absolute Gasteiger partial charge is 0.375 e. The molecule has 5 atom stereocenters. The fourth-order valence-corrected chi connectivity index (χ4v) is 4.44. The number of rotatable bonds is 16. The van der Waals surface area contributed by atoms with Gasteiger partial charge in [0.05, 0.1) is 39.6 Å². The van der Waals surface area contributed by atoms with Gasteiger partial charge in [0, 0.05) is 0 Å². The van der Waals surface area contributed by atoms with Crippen LogP contribution in [0.5, 0.6) is 0 Å². The minimum absolute atomic E-state index is 0.288. The zero-order chi connectivity index (χ0) is 27.1. The van der Waals surface area contributed by atoms with Crippen molar-refractivity contribution in [1.82, 2.24) is 0 Å². The minimum Gasteiger partial charge on any atom is -0.375 e. The Morgan fingerprint density at radius 3 is 1.51 bits per heavy atom. The minimum atomic E-state index is -0.707. The summed E-state index contributed by atoms with van der Waals surface area (Å²) in [7, 11) is 0. The van der Waals surface area contributed by atoms with Crippen molar-refractivity contribution in [2.45, 2.75) is 50.5 Å². The first-order valence-electron chi connectivity index (χ1n) is 13.3. The predicted molar refractivity (Wildman–Crippen MR) is 151 cm³/mol. The summed E-state index contributed by atoms with van der Waals surface area (Å²) in [5.74, 6) is 0. The van der Waals surface area contributed by atoms with Gasteiger partial charge < -0.3 is 28.4 Å². The molecule has 3 aromatic carbocycles. The van der Waals surface area contributed by atoms with Crippen LogP contribution in [0.15, 0.2) is 116 Å². The van der Waals surface area contributed by atoms with Gasteiger partial charge in [-0.25, -0.2) is 0 Å². The van der Waals surface area contributed by atoms with Crippen molar-refractivity contribution < 1.29 is 28.4 Å². The summed E-state index contributed by atoms with van der Waals surface area (Å²) in [6.07, 6.45) is 0.691. The van der Waals surface area contributed by atoms with Crippen LogP contribution in [0.25, 0.3) is 0 Å². The van der Waals surface area contributed by atoms with Gasteiger partial charge in [-0.05, 0) is 16.7 Å². The number of hydrogen-bond acceptors (Lipinski definition) is 6. The van der Waals surface area contributed by atoms with Gasteiger partial charge in [-0.2, -0.15) is 0 Å². The molecule has 0 radical (unpaired) electrons. The summed E-state index contributed by atoms with van der Waals surface area (Å²) in [6.45, 7) is 9.70. The molecule has 0 bridgehead atoms. The second kappa shape index (κ2) is 16.1. The second-order valence-electron chi connectivity index (χ2n) is 9.27. The highest BCUT2D eigenvalue weighted by atomic mass is 16.7. The Balaban J connectivity index is 1.62. The third-order valence-corrected chi connectivity index (χ3v) is 6.34. The molecule has 1 fully saturated rings. The molecule has 0 saturated carbocycles. The van der Waals surface area contributed by atoms with E-state index in [2.05, 4.69) is 13.2 Å². The average Bonchev–Trinajstić information content (AvgIpc) is 2.99. The molecule has 4 rings (SSSR count). The van der Waals surface area contributed by atoms with Gasteiger partial charge in [0.25, 0.3) is 0 Å². The summed E-state index contributed by atoms with van der Waals surface area (Å²) < 4.78 is 38.0. The Labute approximate surface area is 231 Å². The maximum absolute atomic E-state index is 6.61. The lowest BCUT2D eigenvalue weighted by Gasteiger charge is -2.45. The van der Waals surface area contributed by atoms with Crippen LogP contribution in [-0.2, 0) is 48.2 Å². The molecule has 206 valence electrons. The zero-order valence-electron chi connectivity index (χ0n) is 22.3. The molecular weight excluding hydrogens is 492 g/mol. The highest BCUT2D eigenvalue weighted by molar-refractivity contribution is 5.15. The van der Waals surface area contributed by atoms with Gasteiger partial charge in [0.15, 0.2) is 6.29 Å². The van der Waals surface area contributed by atoms with Crippen molar-refractivity contribution >= 4 is 0 Å². The molecule has 39 heavy (non-hydrogen) atoms. The Hall–Kier alpha value is -3.10. The molecule has 1 heterocycles. The maximum Gasteiger partial charge on any atom is 0.187 e. The van der Waals surface area contributed by atoms with E-state index in [0.29, 0.717) is 33.0 Å². The van der Waals surface area contributed by atoms with Crippen molar-refractivity contribution in [1.29, 1.82) is 0 Å². The molecule has 6 heteroatoms. The van der Waals surface area contributed by atoms with Gasteiger partial charge in [0.2, 0.25) is 0 Å². The van der Waals surface area contributed by atoms with Crippen LogP contribution >= 0.6 is 0 Å². The Bertz CT molecular complexity index is 1090. The maximum atomic E-state index is 6.61. The lowest BCUT2D eigenvalue weighted by atomic mass is 9.97. The molecule has 0 N–H and O–H groups in total. The third-order valence-electron chi connectivity index (χ3n) is 6.34. The summed E-state index contributed by atoms with van der Waals surface area (Å²) in [5, 5.41) is 0. The average molecular weight is 531 g/mol. The highest BCUT2D eigenvalue weighted by Crippen LogP contribution is 2.31. The first-order valence-corrected chi connectivity index (χ1v) is 13.3. The van der Waals surface area contributed by atoms with E-state index in [0.717, 1.165) is 16.7 Å². The van der Waals surface area contributed by atoms with Gasteiger partial charge in [0.1, 0.15) is 24.4 Å². The van der Waals surface area contributed by atoms with Gasteiger partial charge >= 0.3 is 0 Å². The zero-order valence-corrected chi connectivity index (χ0v) is 22.3. The van der Waals surface area contributed by atoms with E-state index < -0.39 is 30.7 Å². The fourth-order valence-electron chi connectivity index (χ4n) is 4.44. The monoisotopic (exact) mass is 530 g/mol. The predicted octanol–water partition coefficient (Wildman–Crippen LogP) is 5.87. The Morgan fingerprint density at radius 1 is 0.564 bits per heavy atom. The summed E-state index contributed by atoms with van der Waals surface area (Å²) in [6, 6.07) is 30.1. The Kier molecular flexibility index (Phi) is 11.9. The molecule has 0 unspecified atom stereocenters. The number of ether oxygens (including phenoxy) is 6. The van der Waals surface area contributed by atoms with Crippen LogP contribution in [0.1, 0.15) is 16.7 Å². The topological polar surface area (TPSA) is 55.4 Å². The molecule has 0 aliphatic carbocycles. The SMILES string of the molecule is C=CCOC[C@H]1O[C@H](OCC=C)[C@H](OCc2ccccc2)[C@@H](OCc2ccccc2)[C@@H]1OCc1ccccc1.